The highest BCUT2D eigenvalue weighted by Gasteiger charge is 2.33. The van der Waals surface area contributed by atoms with Gasteiger partial charge in [-0.1, -0.05) is 42.5 Å². The molecule has 2 rings (SSSR count). The standard InChI is InChI=1S/C15H21NO3/c17-11-13-9-16(10-14(18)15(13)19)8-4-7-12-5-2-1-3-6-12/h1-7,13-15,17-19H,8-11H2/t13-,14-,15-/m0/s1. The van der Waals surface area contributed by atoms with Gasteiger partial charge in [0.1, 0.15) is 0 Å². The van der Waals surface area contributed by atoms with Gasteiger partial charge in [0.15, 0.2) is 0 Å². The highest BCUT2D eigenvalue weighted by molar-refractivity contribution is 5.48. The lowest BCUT2D eigenvalue weighted by molar-refractivity contribution is -0.0835. The molecule has 3 N–H and O–H groups in total. The summed E-state index contributed by atoms with van der Waals surface area (Å²) < 4.78 is 0. The van der Waals surface area contributed by atoms with Crippen molar-refractivity contribution in [2.75, 3.05) is 26.2 Å². The van der Waals surface area contributed by atoms with Crippen molar-refractivity contribution in [3.63, 3.8) is 0 Å². The average Bonchev–Trinajstić information content (AvgIpc) is 2.43. The molecule has 0 saturated carbocycles. The van der Waals surface area contributed by atoms with Crippen molar-refractivity contribution < 1.29 is 15.3 Å². The Labute approximate surface area is 113 Å². The van der Waals surface area contributed by atoms with Gasteiger partial charge in [0.05, 0.1) is 12.2 Å². The van der Waals surface area contributed by atoms with E-state index in [4.69, 9.17) is 0 Å². The molecule has 1 aliphatic rings. The number of aliphatic hydroxyl groups excluding tert-OH is 3. The maximum atomic E-state index is 9.74. The second kappa shape index (κ2) is 6.82. The summed E-state index contributed by atoms with van der Waals surface area (Å²) in [6.07, 6.45) is 2.47. The molecule has 0 unspecified atom stereocenters. The Morgan fingerprint density at radius 2 is 1.89 bits per heavy atom. The monoisotopic (exact) mass is 263 g/mol. The summed E-state index contributed by atoms with van der Waals surface area (Å²) >= 11 is 0. The van der Waals surface area contributed by atoms with Crippen LogP contribution in [0, 0.1) is 5.92 Å². The predicted octanol–water partition coefficient (Wildman–Crippen LogP) is 0.346. The largest absolute Gasteiger partial charge is 0.396 e. The van der Waals surface area contributed by atoms with Crippen molar-refractivity contribution in [3.05, 3.63) is 42.0 Å². The number of β-amino-alcohol motifs (C(OH)–C–C–N with tert-alkyl or cyclic N) is 1. The van der Waals surface area contributed by atoms with E-state index in [0.29, 0.717) is 19.6 Å². The summed E-state index contributed by atoms with van der Waals surface area (Å²) in [6.45, 7) is 1.65. The first-order valence-corrected chi connectivity index (χ1v) is 6.61. The highest BCUT2D eigenvalue weighted by Crippen LogP contribution is 2.17. The third-order valence-electron chi connectivity index (χ3n) is 3.52. The van der Waals surface area contributed by atoms with E-state index < -0.39 is 12.2 Å². The molecule has 0 aliphatic carbocycles. The number of rotatable bonds is 4. The van der Waals surface area contributed by atoms with Crippen LogP contribution in [0.1, 0.15) is 5.56 Å². The SMILES string of the molecule is OC[C@@H]1CN(CC=Cc2ccccc2)C[C@H](O)[C@H]1O. The molecule has 0 radical (unpaired) electrons. The maximum absolute atomic E-state index is 9.74. The molecule has 0 amide bonds. The quantitative estimate of drug-likeness (QED) is 0.733. The molecule has 1 aromatic rings. The Kier molecular flexibility index (Phi) is 5.10. The van der Waals surface area contributed by atoms with E-state index >= 15 is 0 Å². The normalized spacial score (nSPS) is 28.9. The third kappa shape index (κ3) is 3.88. The van der Waals surface area contributed by atoms with Gasteiger partial charge < -0.3 is 15.3 Å². The number of nitrogens with zero attached hydrogens (tertiary/aromatic N) is 1. The van der Waals surface area contributed by atoms with Crippen LogP contribution in [-0.2, 0) is 0 Å². The second-order valence-corrected chi connectivity index (χ2v) is 5.03. The first-order chi connectivity index (χ1) is 9.20. The van der Waals surface area contributed by atoms with E-state index in [1.165, 1.54) is 0 Å². The van der Waals surface area contributed by atoms with E-state index in [1.54, 1.807) is 0 Å². The molecule has 1 heterocycles. The third-order valence-corrected chi connectivity index (χ3v) is 3.52. The van der Waals surface area contributed by atoms with Crippen molar-refractivity contribution in [1.82, 2.24) is 4.90 Å². The Hall–Kier alpha value is -1.20. The molecule has 104 valence electrons. The zero-order chi connectivity index (χ0) is 13.7. The van der Waals surface area contributed by atoms with Gasteiger partial charge in [0.25, 0.3) is 0 Å². The van der Waals surface area contributed by atoms with Crippen LogP contribution in [0.25, 0.3) is 6.08 Å². The summed E-state index contributed by atoms with van der Waals surface area (Å²) in [5.41, 5.74) is 1.14. The molecule has 0 aromatic heterocycles. The lowest BCUT2D eigenvalue weighted by Crippen LogP contribution is -2.53. The first kappa shape index (κ1) is 14.2. The fourth-order valence-corrected chi connectivity index (χ4v) is 2.42. The van der Waals surface area contributed by atoms with E-state index in [9.17, 15) is 15.3 Å². The van der Waals surface area contributed by atoms with Crippen LogP contribution in [0.4, 0.5) is 0 Å². The molecule has 1 aromatic carbocycles. The van der Waals surface area contributed by atoms with E-state index in [1.807, 2.05) is 47.4 Å². The number of hydrogen-bond donors (Lipinski definition) is 3. The number of aliphatic hydroxyl groups is 3. The Bertz CT molecular complexity index is 407. The summed E-state index contributed by atoms with van der Waals surface area (Å²) in [6, 6.07) is 10.0. The van der Waals surface area contributed by atoms with Gasteiger partial charge in [-0.3, -0.25) is 4.90 Å². The van der Waals surface area contributed by atoms with Crippen molar-refractivity contribution in [1.29, 1.82) is 0 Å². The van der Waals surface area contributed by atoms with Crippen LogP contribution >= 0.6 is 0 Å². The Balaban J connectivity index is 1.88. The molecule has 0 spiro atoms. The van der Waals surface area contributed by atoms with Gasteiger partial charge in [-0.15, -0.1) is 0 Å². The van der Waals surface area contributed by atoms with Crippen molar-refractivity contribution in [3.8, 4) is 0 Å². The van der Waals surface area contributed by atoms with Crippen LogP contribution in [0.15, 0.2) is 36.4 Å². The average molecular weight is 263 g/mol. The molecule has 19 heavy (non-hydrogen) atoms. The zero-order valence-corrected chi connectivity index (χ0v) is 10.9. The molecule has 4 heteroatoms. The van der Waals surface area contributed by atoms with E-state index in [2.05, 4.69) is 0 Å². The minimum atomic E-state index is -0.820. The lowest BCUT2D eigenvalue weighted by Gasteiger charge is -2.38. The summed E-state index contributed by atoms with van der Waals surface area (Å²) in [7, 11) is 0. The number of likely N-dealkylation sites (tertiary alicyclic amines) is 1. The van der Waals surface area contributed by atoms with Crippen LogP contribution in [0.2, 0.25) is 0 Å². The Morgan fingerprint density at radius 3 is 2.58 bits per heavy atom. The van der Waals surface area contributed by atoms with E-state index in [-0.39, 0.29) is 12.5 Å². The summed E-state index contributed by atoms with van der Waals surface area (Å²) in [5, 5.41) is 28.6. The van der Waals surface area contributed by atoms with Crippen LogP contribution in [-0.4, -0.2) is 58.7 Å². The first-order valence-electron chi connectivity index (χ1n) is 6.61. The summed E-state index contributed by atoms with van der Waals surface area (Å²) in [4.78, 5) is 2.04. The van der Waals surface area contributed by atoms with Crippen LogP contribution in [0.3, 0.4) is 0 Å². The minimum absolute atomic E-state index is 0.100. The van der Waals surface area contributed by atoms with Crippen molar-refractivity contribution in [2.45, 2.75) is 12.2 Å². The maximum Gasteiger partial charge on any atom is 0.0929 e. The van der Waals surface area contributed by atoms with Gasteiger partial charge in [-0.05, 0) is 5.56 Å². The molecule has 3 atom stereocenters. The van der Waals surface area contributed by atoms with Crippen LogP contribution in [0.5, 0.6) is 0 Å². The van der Waals surface area contributed by atoms with Gasteiger partial charge in [0, 0.05) is 32.2 Å². The molecule has 4 nitrogen and oxygen atoms in total. The smallest absolute Gasteiger partial charge is 0.0929 e. The molecular formula is C15H21NO3. The molecule has 1 saturated heterocycles. The highest BCUT2D eigenvalue weighted by atomic mass is 16.3. The van der Waals surface area contributed by atoms with Gasteiger partial charge in [-0.2, -0.15) is 0 Å². The van der Waals surface area contributed by atoms with Crippen molar-refractivity contribution in [2.24, 2.45) is 5.92 Å². The molecule has 1 aliphatic heterocycles. The number of benzene rings is 1. The predicted molar refractivity (Wildman–Crippen MR) is 74.5 cm³/mol. The molecular weight excluding hydrogens is 242 g/mol. The van der Waals surface area contributed by atoms with Gasteiger partial charge in [0.2, 0.25) is 0 Å². The fourth-order valence-electron chi connectivity index (χ4n) is 2.42. The number of piperidine rings is 1. The van der Waals surface area contributed by atoms with Crippen LogP contribution < -0.4 is 0 Å². The van der Waals surface area contributed by atoms with E-state index in [0.717, 1.165) is 5.56 Å². The second-order valence-electron chi connectivity index (χ2n) is 5.03. The zero-order valence-electron chi connectivity index (χ0n) is 10.9. The number of hydrogen-bond acceptors (Lipinski definition) is 4. The Morgan fingerprint density at radius 1 is 1.16 bits per heavy atom. The topological polar surface area (TPSA) is 63.9 Å². The fraction of sp³-hybridized carbons (Fsp3) is 0.467. The lowest BCUT2D eigenvalue weighted by atomic mass is 9.93. The van der Waals surface area contributed by atoms with Gasteiger partial charge >= 0.3 is 0 Å². The molecule has 0 bridgehead atoms. The minimum Gasteiger partial charge on any atom is -0.396 e. The van der Waals surface area contributed by atoms with Crippen molar-refractivity contribution >= 4 is 6.08 Å². The molecule has 1 fully saturated rings. The van der Waals surface area contributed by atoms with Gasteiger partial charge in [-0.25, -0.2) is 0 Å². The summed E-state index contributed by atoms with van der Waals surface area (Å²) in [5.74, 6) is -0.270.